The fourth-order valence-corrected chi connectivity index (χ4v) is 5.48. The number of carbonyl (C=O) groups is 1. The van der Waals surface area contributed by atoms with Crippen LogP contribution < -0.4 is 21.0 Å². The van der Waals surface area contributed by atoms with Crippen LogP contribution in [0.4, 0.5) is 14.6 Å². The second-order valence-corrected chi connectivity index (χ2v) is 10.4. The van der Waals surface area contributed by atoms with E-state index >= 15 is 8.78 Å². The highest BCUT2D eigenvalue weighted by Crippen LogP contribution is 2.49. The Morgan fingerprint density at radius 2 is 1.97 bits per heavy atom. The van der Waals surface area contributed by atoms with Crippen LogP contribution in [-0.4, -0.2) is 65.8 Å². The van der Waals surface area contributed by atoms with E-state index in [-0.39, 0.29) is 18.0 Å². The third kappa shape index (κ3) is 6.80. The molecule has 2 aliphatic heterocycles. The minimum Gasteiger partial charge on any atom is -0.453 e. The van der Waals surface area contributed by atoms with Gasteiger partial charge in [0.2, 0.25) is 6.23 Å². The molecule has 0 bridgehead atoms. The normalized spacial score (nSPS) is 25.2. The van der Waals surface area contributed by atoms with E-state index in [2.05, 4.69) is 10.1 Å². The van der Waals surface area contributed by atoms with Gasteiger partial charge in [-0.05, 0) is 25.1 Å². The molecule has 2 aromatic rings. The van der Waals surface area contributed by atoms with Crippen molar-refractivity contribution in [1.29, 1.82) is 0 Å². The van der Waals surface area contributed by atoms with Gasteiger partial charge >= 0.3 is 25.3 Å². The molecule has 2 saturated heterocycles. The molecule has 0 amide bonds. The molecule has 214 valence electrons. The molecule has 5 atom stereocenters. The third-order valence-electron chi connectivity index (χ3n) is 5.80. The molecule has 1 aromatic carbocycles. The van der Waals surface area contributed by atoms with Crippen molar-refractivity contribution in [3.05, 3.63) is 53.1 Å². The number of benzene rings is 1. The van der Waals surface area contributed by atoms with E-state index in [4.69, 9.17) is 33.7 Å². The number of nitrogens with one attached hydrogen (secondary N) is 1. The van der Waals surface area contributed by atoms with Gasteiger partial charge < -0.3 is 29.2 Å². The van der Waals surface area contributed by atoms with Crippen molar-refractivity contribution < 1.29 is 46.1 Å². The predicted octanol–water partition coefficient (Wildman–Crippen LogP) is 2.23. The molecule has 2 fully saturated rings. The van der Waals surface area contributed by atoms with Gasteiger partial charge in [-0.2, -0.15) is 13.8 Å². The number of anilines is 1. The molecule has 3 heterocycles. The maximum atomic E-state index is 15.5. The maximum Gasteiger partial charge on any atom is 0.459 e. The summed E-state index contributed by atoms with van der Waals surface area (Å²) in [6, 6.07) is 8.46. The zero-order valence-electron chi connectivity index (χ0n) is 21.1. The molecule has 1 aromatic heterocycles. The van der Waals surface area contributed by atoms with E-state index in [9.17, 15) is 14.2 Å². The van der Waals surface area contributed by atoms with Crippen molar-refractivity contribution in [2.75, 3.05) is 25.6 Å². The quantitative estimate of drug-likeness (QED) is 0.298. The van der Waals surface area contributed by atoms with Crippen LogP contribution in [-0.2, 0) is 32.8 Å². The Balaban J connectivity index is 1.59. The summed E-state index contributed by atoms with van der Waals surface area (Å²) in [5.41, 5.74) is 4.36. The number of nitrogens with zero attached hydrogens (tertiary/aromatic N) is 2. The van der Waals surface area contributed by atoms with Crippen molar-refractivity contribution in [3.8, 4) is 5.75 Å². The fraction of sp³-hybridized carbons (Fsp3) is 0.522. The lowest BCUT2D eigenvalue weighted by atomic mass is 10.1. The Kier molecular flexibility index (Phi) is 8.99. The molecule has 13 nitrogen and oxygen atoms in total. The van der Waals surface area contributed by atoms with Gasteiger partial charge in [0.05, 0.1) is 25.9 Å². The van der Waals surface area contributed by atoms with Crippen LogP contribution in [0.25, 0.3) is 0 Å². The number of ether oxygens (including phenoxy) is 4. The first-order valence-electron chi connectivity index (χ1n) is 12.1. The van der Waals surface area contributed by atoms with Crippen LogP contribution in [0.5, 0.6) is 5.75 Å². The van der Waals surface area contributed by atoms with Gasteiger partial charge in [-0.15, -0.1) is 0 Å². The van der Waals surface area contributed by atoms with Crippen molar-refractivity contribution in [1.82, 2.24) is 14.6 Å². The number of halogens is 2. The molecular weight excluding hydrogens is 545 g/mol. The summed E-state index contributed by atoms with van der Waals surface area (Å²) in [6.45, 7) is 2.92. The summed E-state index contributed by atoms with van der Waals surface area (Å²) >= 11 is 0. The van der Waals surface area contributed by atoms with Crippen LogP contribution in [0.15, 0.2) is 47.4 Å². The largest absolute Gasteiger partial charge is 0.459 e. The van der Waals surface area contributed by atoms with Crippen molar-refractivity contribution >= 4 is 19.5 Å². The average Bonchev–Trinajstić information content (AvgIpc) is 3.51. The average molecular weight is 574 g/mol. The van der Waals surface area contributed by atoms with Gasteiger partial charge in [-0.25, -0.2) is 14.4 Å². The molecule has 16 heteroatoms. The third-order valence-corrected chi connectivity index (χ3v) is 7.46. The van der Waals surface area contributed by atoms with Gasteiger partial charge in [0.25, 0.3) is 0 Å². The summed E-state index contributed by atoms with van der Waals surface area (Å²) in [6.07, 6.45) is -6.05. The highest BCUT2D eigenvalue weighted by Gasteiger charge is 2.62. The smallest absolute Gasteiger partial charge is 0.453 e. The van der Waals surface area contributed by atoms with Crippen LogP contribution in [0.3, 0.4) is 0 Å². The van der Waals surface area contributed by atoms with E-state index in [1.807, 2.05) is 0 Å². The molecule has 0 aliphatic carbocycles. The summed E-state index contributed by atoms with van der Waals surface area (Å²) in [5.74, 6) is -4.86. The van der Waals surface area contributed by atoms with Crippen molar-refractivity contribution in [2.24, 2.45) is 0 Å². The Labute approximate surface area is 222 Å². The minimum atomic E-state index is -4.29. The molecule has 4 unspecified atom stereocenters. The summed E-state index contributed by atoms with van der Waals surface area (Å²) in [4.78, 5) is 27.8. The Bertz CT molecular complexity index is 1250. The minimum absolute atomic E-state index is 0.165. The van der Waals surface area contributed by atoms with Crippen LogP contribution in [0.2, 0.25) is 0 Å². The number of hydrogen-bond donors (Lipinski definition) is 2. The van der Waals surface area contributed by atoms with E-state index < -0.39 is 62.7 Å². The van der Waals surface area contributed by atoms with Crippen molar-refractivity contribution in [3.63, 3.8) is 0 Å². The number of alkyl halides is 2. The topological polar surface area (TPSA) is 162 Å². The number of rotatable bonds is 11. The number of esters is 1. The number of aromatic nitrogens is 2. The van der Waals surface area contributed by atoms with E-state index in [1.165, 1.54) is 19.1 Å². The van der Waals surface area contributed by atoms with Crippen molar-refractivity contribution in [2.45, 2.75) is 57.0 Å². The molecule has 39 heavy (non-hydrogen) atoms. The zero-order chi connectivity index (χ0) is 28.2. The monoisotopic (exact) mass is 574 g/mol. The number of hydrogen-bond acceptors (Lipinski definition) is 11. The van der Waals surface area contributed by atoms with Gasteiger partial charge in [0, 0.05) is 12.6 Å². The molecule has 4 rings (SSSR count). The van der Waals surface area contributed by atoms with Gasteiger partial charge in [-0.1, -0.05) is 25.1 Å². The van der Waals surface area contributed by atoms with E-state index in [0.29, 0.717) is 17.8 Å². The van der Waals surface area contributed by atoms with Crippen LogP contribution in [0, 0.1) is 0 Å². The Morgan fingerprint density at radius 1 is 1.28 bits per heavy atom. The van der Waals surface area contributed by atoms with E-state index in [0.717, 1.165) is 12.3 Å². The number of carbonyl (C=O) groups excluding carboxylic acids is 1. The molecule has 0 spiro atoms. The first-order valence-corrected chi connectivity index (χ1v) is 13.6. The maximum absolute atomic E-state index is 15.5. The second-order valence-electron chi connectivity index (χ2n) is 8.73. The first kappa shape index (κ1) is 29.1. The SMILES string of the molecule is CCC(=O)OC1C(COP(=O)(N[C@@H](C)C2OCCO2)Oc2ccccc2)OC(n2ccc(N)nc2=O)C1(F)F. The lowest BCUT2D eigenvalue weighted by Crippen LogP contribution is -2.45. The molecule has 3 N–H and O–H groups in total. The summed E-state index contributed by atoms with van der Waals surface area (Å²) in [5, 5.41) is 2.68. The molecule has 0 radical (unpaired) electrons. The second kappa shape index (κ2) is 12.1. The van der Waals surface area contributed by atoms with Crippen LogP contribution in [0.1, 0.15) is 26.5 Å². The first-order chi connectivity index (χ1) is 18.5. The molecular formula is C23H29F2N4O9P. The number of nitrogen functional groups attached to an aromatic ring is 1. The standard InChI is InChI=1S/C23H29F2N4O9P/c1-3-18(30)37-19-16(36-21(23(19,24)25)29-10-9-17(26)27-22(29)31)13-35-39(32,38-15-7-5-4-6-8-15)28-14(2)20-33-11-12-34-20/h4-10,14,16,19-21H,3,11-13H2,1-2H3,(H,28,32)(H2,26,27,31)/t14-,16?,19?,21?,39?/m0/s1. The zero-order valence-corrected chi connectivity index (χ0v) is 22.0. The lowest BCUT2D eigenvalue weighted by molar-refractivity contribution is -0.176. The highest BCUT2D eigenvalue weighted by atomic mass is 31.2. The molecule has 2 aliphatic rings. The van der Waals surface area contributed by atoms with Gasteiger partial charge in [0.15, 0.2) is 12.4 Å². The Hall–Kier alpha value is -2.94. The van der Waals surface area contributed by atoms with Gasteiger partial charge in [-0.3, -0.25) is 13.9 Å². The molecule has 0 saturated carbocycles. The lowest BCUT2D eigenvalue weighted by Gasteiger charge is -2.27. The van der Waals surface area contributed by atoms with E-state index in [1.54, 1.807) is 25.1 Å². The number of para-hydroxylation sites is 1. The predicted molar refractivity (Wildman–Crippen MR) is 131 cm³/mol. The highest BCUT2D eigenvalue weighted by molar-refractivity contribution is 7.52. The summed E-state index contributed by atoms with van der Waals surface area (Å²) in [7, 11) is -4.29. The number of nitrogens with two attached hydrogens (primary N) is 1. The summed E-state index contributed by atoms with van der Waals surface area (Å²) < 4.78 is 77.9. The fourth-order valence-electron chi connectivity index (χ4n) is 3.93. The Morgan fingerprint density at radius 3 is 2.62 bits per heavy atom. The van der Waals surface area contributed by atoms with Crippen LogP contribution >= 0.6 is 7.75 Å². The van der Waals surface area contributed by atoms with Gasteiger partial charge in [0.1, 0.15) is 17.7 Å².